The van der Waals surface area contributed by atoms with E-state index in [-0.39, 0.29) is 16.4 Å². The molecule has 1 amide bonds. The van der Waals surface area contributed by atoms with Gasteiger partial charge in [-0.25, -0.2) is 17.1 Å². The first kappa shape index (κ1) is 16.2. The molecule has 22 heavy (non-hydrogen) atoms. The molecular formula is C14H15FN2O4S. The molecule has 0 aliphatic rings. The third-order valence-corrected chi connectivity index (χ3v) is 4.65. The molecule has 0 bridgehead atoms. The van der Waals surface area contributed by atoms with E-state index in [1.165, 1.54) is 51.4 Å². The van der Waals surface area contributed by atoms with Crippen molar-refractivity contribution in [3.63, 3.8) is 0 Å². The Morgan fingerprint density at radius 1 is 1.23 bits per heavy atom. The predicted octanol–water partition coefficient (Wildman–Crippen LogP) is 2.23. The van der Waals surface area contributed by atoms with Crippen LogP contribution in [0, 0.1) is 12.7 Å². The van der Waals surface area contributed by atoms with Crippen LogP contribution in [0.4, 0.5) is 10.1 Å². The van der Waals surface area contributed by atoms with Crippen LogP contribution in [0.3, 0.4) is 0 Å². The van der Waals surface area contributed by atoms with Gasteiger partial charge in [0.05, 0.1) is 5.56 Å². The zero-order valence-electron chi connectivity index (χ0n) is 12.3. The smallest absolute Gasteiger partial charge is 0.275 e. The molecule has 1 aromatic heterocycles. The second kappa shape index (κ2) is 5.90. The van der Waals surface area contributed by atoms with Gasteiger partial charge in [-0.1, -0.05) is 0 Å². The van der Waals surface area contributed by atoms with Crippen molar-refractivity contribution in [1.82, 2.24) is 4.31 Å². The number of hydrogen-bond acceptors (Lipinski definition) is 4. The molecule has 1 N–H and O–H groups in total. The summed E-state index contributed by atoms with van der Waals surface area (Å²) in [5.41, 5.74) is 0.494. The molecule has 2 rings (SSSR count). The Hall–Kier alpha value is -2.19. The lowest BCUT2D eigenvalue weighted by molar-refractivity contribution is 0.102. The standard InChI is InChI=1S/C14H15FN2O4S/c1-9-12(8-13(21-9)22(19,20)17(2)3)14(18)16-11-6-4-10(15)5-7-11/h4-8H,1-3H3,(H,16,18). The molecular weight excluding hydrogens is 311 g/mol. The lowest BCUT2D eigenvalue weighted by Crippen LogP contribution is -2.21. The summed E-state index contributed by atoms with van der Waals surface area (Å²) in [7, 11) is -1.02. The number of carbonyl (C=O) groups is 1. The fraction of sp³-hybridized carbons (Fsp3) is 0.214. The highest BCUT2D eigenvalue weighted by Gasteiger charge is 2.25. The third-order valence-electron chi connectivity index (χ3n) is 2.98. The lowest BCUT2D eigenvalue weighted by Gasteiger charge is -2.07. The fourth-order valence-electron chi connectivity index (χ4n) is 1.72. The van der Waals surface area contributed by atoms with Crippen molar-refractivity contribution in [2.24, 2.45) is 0 Å². The highest BCUT2D eigenvalue weighted by Crippen LogP contribution is 2.22. The van der Waals surface area contributed by atoms with Crippen molar-refractivity contribution in [2.75, 3.05) is 19.4 Å². The number of furan rings is 1. The van der Waals surface area contributed by atoms with Crippen molar-refractivity contribution in [1.29, 1.82) is 0 Å². The SMILES string of the molecule is Cc1oc(S(=O)(=O)N(C)C)cc1C(=O)Nc1ccc(F)cc1. The van der Waals surface area contributed by atoms with Gasteiger partial charge in [-0.05, 0) is 31.2 Å². The number of aryl methyl sites for hydroxylation is 1. The average molecular weight is 326 g/mol. The van der Waals surface area contributed by atoms with Gasteiger partial charge in [0.15, 0.2) is 0 Å². The largest absolute Gasteiger partial charge is 0.448 e. The summed E-state index contributed by atoms with van der Waals surface area (Å²) in [4.78, 5) is 12.2. The Morgan fingerprint density at radius 2 is 1.82 bits per heavy atom. The minimum Gasteiger partial charge on any atom is -0.448 e. The first-order valence-corrected chi connectivity index (χ1v) is 7.75. The van der Waals surface area contributed by atoms with Gasteiger partial charge >= 0.3 is 0 Å². The number of rotatable bonds is 4. The lowest BCUT2D eigenvalue weighted by atomic mass is 10.2. The van der Waals surface area contributed by atoms with E-state index >= 15 is 0 Å². The molecule has 0 fully saturated rings. The molecule has 0 aliphatic heterocycles. The van der Waals surface area contributed by atoms with Crippen LogP contribution in [0.1, 0.15) is 16.1 Å². The maximum absolute atomic E-state index is 12.8. The molecule has 0 aliphatic carbocycles. The number of anilines is 1. The number of amides is 1. The zero-order valence-corrected chi connectivity index (χ0v) is 13.1. The zero-order chi connectivity index (χ0) is 16.5. The van der Waals surface area contributed by atoms with Crippen molar-refractivity contribution < 1.29 is 22.0 Å². The monoisotopic (exact) mass is 326 g/mol. The summed E-state index contributed by atoms with van der Waals surface area (Å²) >= 11 is 0. The maximum atomic E-state index is 12.8. The summed E-state index contributed by atoms with van der Waals surface area (Å²) in [5.74, 6) is -0.773. The molecule has 1 heterocycles. The third kappa shape index (κ3) is 3.18. The first-order valence-electron chi connectivity index (χ1n) is 6.31. The highest BCUT2D eigenvalue weighted by atomic mass is 32.2. The van der Waals surface area contributed by atoms with Gasteiger partial charge in [-0.15, -0.1) is 0 Å². The number of nitrogens with one attached hydrogen (secondary N) is 1. The summed E-state index contributed by atoms with van der Waals surface area (Å²) in [5, 5.41) is 2.24. The Labute approximate surface area is 127 Å². The molecule has 8 heteroatoms. The molecule has 0 saturated heterocycles. The van der Waals surface area contributed by atoms with Gasteiger partial charge in [-0.2, -0.15) is 0 Å². The van der Waals surface area contributed by atoms with Crippen LogP contribution < -0.4 is 5.32 Å². The van der Waals surface area contributed by atoms with Crippen LogP contribution in [0.15, 0.2) is 39.8 Å². The normalized spacial score (nSPS) is 11.7. The molecule has 0 radical (unpaired) electrons. The Kier molecular flexibility index (Phi) is 4.34. The Balaban J connectivity index is 2.28. The molecule has 0 unspecified atom stereocenters. The average Bonchev–Trinajstić information content (AvgIpc) is 2.84. The van der Waals surface area contributed by atoms with E-state index in [2.05, 4.69) is 5.32 Å². The molecule has 0 atom stereocenters. The van der Waals surface area contributed by atoms with E-state index in [9.17, 15) is 17.6 Å². The minimum absolute atomic E-state index is 0.102. The molecule has 118 valence electrons. The Bertz CT molecular complexity index is 795. The second-order valence-corrected chi connectivity index (χ2v) is 6.87. The quantitative estimate of drug-likeness (QED) is 0.934. The fourth-order valence-corrected chi connectivity index (χ4v) is 2.58. The van der Waals surface area contributed by atoms with Crippen LogP contribution in [-0.4, -0.2) is 32.7 Å². The van der Waals surface area contributed by atoms with Gasteiger partial charge in [-0.3, -0.25) is 4.79 Å². The van der Waals surface area contributed by atoms with Gasteiger partial charge in [0, 0.05) is 25.8 Å². The van der Waals surface area contributed by atoms with Crippen molar-refractivity contribution in [2.45, 2.75) is 12.0 Å². The van der Waals surface area contributed by atoms with Gasteiger partial charge < -0.3 is 9.73 Å². The molecule has 0 saturated carbocycles. The van der Waals surface area contributed by atoms with Gasteiger partial charge in [0.2, 0.25) is 5.09 Å². The predicted molar refractivity (Wildman–Crippen MR) is 78.7 cm³/mol. The second-order valence-electron chi connectivity index (χ2n) is 4.78. The number of sulfonamides is 1. The molecule has 1 aromatic carbocycles. The van der Waals surface area contributed by atoms with Crippen LogP contribution in [-0.2, 0) is 10.0 Å². The number of halogens is 1. The summed E-state index contributed by atoms with van der Waals surface area (Å²) in [6, 6.07) is 6.39. The van der Waals surface area contributed by atoms with E-state index in [1.807, 2.05) is 0 Å². The number of nitrogens with zero attached hydrogens (tertiary/aromatic N) is 1. The van der Waals surface area contributed by atoms with Crippen molar-refractivity contribution in [3.8, 4) is 0 Å². The summed E-state index contributed by atoms with van der Waals surface area (Å²) in [6.07, 6.45) is 0. The molecule has 2 aromatic rings. The van der Waals surface area contributed by atoms with E-state index in [4.69, 9.17) is 4.42 Å². The number of benzene rings is 1. The van der Waals surface area contributed by atoms with Crippen molar-refractivity contribution in [3.05, 3.63) is 47.5 Å². The molecule has 6 nitrogen and oxygen atoms in total. The minimum atomic E-state index is -3.75. The highest BCUT2D eigenvalue weighted by molar-refractivity contribution is 7.88. The molecule has 0 spiro atoms. The van der Waals surface area contributed by atoms with Crippen LogP contribution in [0.2, 0.25) is 0 Å². The van der Waals surface area contributed by atoms with E-state index in [0.717, 1.165) is 4.31 Å². The topological polar surface area (TPSA) is 79.6 Å². The van der Waals surface area contributed by atoms with Crippen LogP contribution >= 0.6 is 0 Å². The first-order chi connectivity index (χ1) is 10.2. The number of hydrogen-bond donors (Lipinski definition) is 1. The number of carbonyl (C=O) groups excluding carboxylic acids is 1. The van der Waals surface area contributed by atoms with E-state index < -0.39 is 21.7 Å². The Morgan fingerprint density at radius 3 is 2.36 bits per heavy atom. The summed E-state index contributed by atoms with van der Waals surface area (Å²) < 4.78 is 42.9. The van der Waals surface area contributed by atoms with Crippen LogP contribution in [0.25, 0.3) is 0 Å². The van der Waals surface area contributed by atoms with E-state index in [1.54, 1.807) is 0 Å². The van der Waals surface area contributed by atoms with E-state index in [0.29, 0.717) is 5.69 Å². The van der Waals surface area contributed by atoms with Gasteiger partial charge in [0.1, 0.15) is 11.6 Å². The van der Waals surface area contributed by atoms with Crippen molar-refractivity contribution >= 4 is 21.6 Å². The van der Waals surface area contributed by atoms with Gasteiger partial charge in [0.25, 0.3) is 15.9 Å². The summed E-state index contributed by atoms with van der Waals surface area (Å²) in [6.45, 7) is 1.49. The maximum Gasteiger partial charge on any atom is 0.275 e. The van der Waals surface area contributed by atoms with Crippen LogP contribution in [0.5, 0.6) is 0 Å².